The third kappa shape index (κ3) is 7.17. The van der Waals surface area contributed by atoms with Crippen LogP contribution in [0.15, 0.2) is 4.99 Å². The van der Waals surface area contributed by atoms with Crippen molar-refractivity contribution in [3.05, 3.63) is 0 Å². The molecule has 0 saturated heterocycles. The number of guanidine groups is 1. The number of hydrogen-bond acceptors (Lipinski definition) is 3. The summed E-state index contributed by atoms with van der Waals surface area (Å²) in [5, 5.41) is 5.40. The van der Waals surface area contributed by atoms with E-state index in [9.17, 15) is 4.79 Å². The van der Waals surface area contributed by atoms with Gasteiger partial charge >= 0.3 is 6.03 Å². The van der Waals surface area contributed by atoms with Crippen LogP contribution in [0.4, 0.5) is 4.79 Å². The number of primary amides is 1. The zero-order chi connectivity index (χ0) is 11.0. The van der Waals surface area contributed by atoms with Crippen LogP contribution in [-0.2, 0) is 0 Å². The first kappa shape index (κ1) is 12.5. The minimum Gasteiger partial charge on any atom is -0.353 e. The predicted octanol–water partition coefficient (Wildman–Crippen LogP) is -1.53. The van der Waals surface area contributed by atoms with Gasteiger partial charge < -0.3 is 16.4 Å². The highest BCUT2D eigenvalue weighted by Gasteiger charge is 1.97. The minimum atomic E-state index is -0.556. The predicted molar refractivity (Wildman–Crippen MR) is 55.5 cm³/mol. The minimum absolute atomic E-state index is 0.244. The number of amides is 2. The largest absolute Gasteiger partial charge is 0.353 e. The lowest BCUT2D eigenvalue weighted by atomic mass is 10.4. The fourth-order valence-corrected chi connectivity index (χ4v) is 0.753. The number of rotatable bonds is 4. The van der Waals surface area contributed by atoms with Gasteiger partial charge in [0.05, 0.1) is 6.54 Å². The van der Waals surface area contributed by atoms with E-state index in [2.05, 4.69) is 21.1 Å². The van der Waals surface area contributed by atoms with Gasteiger partial charge in [-0.1, -0.05) is 0 Å². The Kier molecular flexibility index (Phi) is 6.21. The van der Waals surface area contributed by atoms with Gasteiger partial charge in [0.25, 0.3) is 0 Å². The molecule has 0 aromatic heterocycles. The Labute approximate surface area is 83.3 Å². The normalized spacial score (nSPS) is 11.3. The Hall–Kier alpha value is -1.50. The standard InChI is InChI=1S/C7H18N6O/c1-5(2)12-7(13-9)11-4-3-10-6(8)14/h5H,3-4,9H2,1-2H3,(H3,8,10,14)(H2,11,12,13). The molecule has 0 aliphatic carbocycles. The van der Waals surface area contributed by atoms with Gasteiger partial charge in [0.2, 0.25) is 5.96 Å². The number of carbonyl (C=O) groups excluding carboxylic acids is 1. The molecular weight excluding hydrogens is 184 g/mol. The van der Waals surface area contributed by atoms with E-state index < -0.39 is 6.03 Å². The van der Waals surface area contributed by atoms with Gasteiger partial charge in [-0.2, -0.15) is 0 Å². The molecular formula is C7H18N6O. The van der Waals surface area contributed by atoms with Crippen LogP contribution >= 0.6 is 0 Å². The van der Waals surface area contributed by atoms with Crippen LogP contribution in [0.1, 0.15) is 13.8 Å². The summed E-state index contributed by atoms with van der Waals surface area (Å²) < 4.78 is 0. The van der Waals surface area contributed by atoms with Crippen LogP contribution in [0.5, 0.6) is 0 Å². The fraction of sp³-hybridized carbons (Fsp3) is 0.714. The topological polar surface area (TPSA) is 118 Å². The van der Waals surface area contributed by atoms with E-state index in [-0.39, 0.29) is 6.04 Å². The summed E-state index contributed by atoms with van der Waals surface area (Å²) in [7, 11) is 0. The summed E-state index contributed by atoms with van der Waals surface area (Å²) >= 11 is 0. The van der Waals surface area contributed by atoms with E-state index in [1.807, 2.05) is 13.8 Å². The molecule has 0 aliphatic rings. The molecule has 0 rings (SSSR count). The summed E-state index contributed by atoms with van der Waals surface area (Å²) in [6.07, 6.45) is 0. The van der Waals surface area contributed by atoms with Gasteiger partial charge in [-0.05, 0) is 13.8 Å². The Morgan fingerprint density at radius 2 is 2.14 bits per heavy atom. The van der Waals surface area contributed by atoms with Gasteiger partial charge in [-0.3, -0.25) is 10.4 Å². The molecule has 2 amide bonds. The molecule has 0 radical (unpaired) electrons. The Bertz CT molecular complexity index is 202. The second kappa shape index (κ2) is 6.96. The number of aliphatic imine (C=N–C) groups is 1. The molecule has 0 saturated carbocycles. The summed E-state index contributed by atoms with van der Waals surface area (Å²) in [6, 6.07) is -0.312. The molecule has 0 aromatic carbocycles. The van der Waals surface area contributed by atoms with Crippen molar-refractivity contribution in [3.8, 4) is 0 Å². The van der Waals surface area contributed by atoms with E-state index in [0.717, 1.165) is 0 Å². The van der Waals surface area contributed by atoms with Gasteiger partial charge in [0.15, 0.2) is 0 Å². The number of nitrogens with one attached hydrogen (secondary N) is 3. The Morgan fingerprint density at radius 3 is 2.57 bits per heavy atom. The second-order valence-corrected chi connectivity index (χ2v) is 2.96. The van der Waals surface area contributed by atoms with Gasteiger partial charge in [0.1, 0.15) is 0 Å². The monoisotopic (exact) mass is 202 g/mol. The SMILES string of the molecule is CC(C)NC(=NCCNC(N)=O)NN. The van der Waals surface area contributed by atoms with Crippen molar-refractivity contribution in [2.24, 2.45) is 16.6 Å². The highest BCUT2D eigenvalue weighted by atomic mass is 16.2. The Balaban J connectivity index is 3.75. The van der Waals surface area contributed by atoms with E-state index in [4.69, 9.17) is 11.6 Å². The third-order valence-corrected chi connectivity index (χ3v) is 1.24. The molecule has 7 nitrogen and oxygen atoms in total. The quantitative estimate of drug-likeness (QED) is 0.125. The van der Waals surface area contributed by atoms with Crippen molar-refractivity contribution in [3.63, 3.8) is 0 Å². The van der Waals surface area contributed by atoms with E-state index in [1.165, 1.54) is 0 Å². The van der Waals surface area contributed by atoms with E-state index >= 15 is 0 Å². The van der Waals surface area contributed by atoms with Crippen LogP contribution < -0.4 is 27.6 Å². The third-order valence-electron chi connectivity index (χ3n) is 1.24. The molecule has 82 valence electrons. The summed E-state index contributed by atoms with van der Waals surface area (Å²) in [5.74, 6) is 5.70. The molecule has 0 atom stereocenters. The maximum absolute atomic E-state index is 10.3. The van der Waals surface area contributed by atoms with Crippen LogP contribution in [-0.4, -0.2) is 31.1 Å². The number of hydrogen-bond donors (Lipinski definition) is 5. The number of nitrogens with two attached hydrogens (primary N) is 2. The summed E-state index contributed by atoms with van der Waals surface area (Å²) in [4.78, 5) is 14.4. The van der Waals surface area contributed by atoms with Crippen molar-refractivity contribution in [1.82, 2.24) is 16.1 Å². The first-order valence-electron chi connectivity index (χ1n) is 4.37. The molecule has 0 bridgehead atoms. The number of nitrogens with zero attached hydrogens (tertiary/aromatic N) is 1. The maximum Gasteiger partial charge on any atom is 0.312 e. The molecule has 7 N–H and O–H groups in total. The lowest BCUT2D eigenvalue weighted by molar-refractivity contribution is 0.249. The fourth-order valence-electron chi connectivity index (χ4n) is 0.753. The van der Waals surface area contributed by atoms with Crippen molar-refractivity contribution in [2.45, 2.75) is 19.9 Å². The summed E-state index contributed by atoms with van der Waals surface area (Å²) in [5.41, 5.74) is 7.28. The van der Waals surface area contributed by atoms with Crippen LogP contribution in [0.25, 0.3) is 0 Å². The molecule has 0 aliphatic heterocycles. The number of carbonyl (C=O) groups is 1. The van der Waals surface area contributed by atoms with E-state index in [0.29, 0.717) is 19.0 Å². The lowest BCUT2D eigenvalue weighted by Gasteiger charge is -2.11. The second-order valence-electron chi connectivity index (χ2n) is 2.96. The lowest BCUT2D eigenvalue weighted by Crippen LogP contribution is -2.45. The molecule has 7 heteroatoms. The molecule has 0 fully saturated rings. The van der Waals surface area contributed by atoms with Crippen molar-refractivity contribution < 1.29 is 4.79 Å². The number of urea groups is 1. The first-order chi connectivity index (χ1) is 6.56. The van der Waals surface area contributed by atoms with Crippen LogP contribution in [0.2, 0.25) is 0 Å². The molecule has 0 heterocycles. The van der Waals surface area contributed by atoms with Gasteiger partial charge in [-0.15, -0.1) is 0 Å². The van der Waals surface area contributed by atoms with Gasteiger partial charge in [-0.25, -0.2) is 10.6 Å². The molecule has 0 aromatic rings. The zero-order valence-electron chi connectivity index (χ0n) is 8.50. The Morgan fingerprint density at radius 1 is 1.50 bits per heavy atom. The highest BCUT2D eigenvalue weighted by molar-refractivity contribution is 5.79. The molecule has 14 heavy (non-hydrogen) atoms. The molecule has 0 spiro atoms. The van der Waals surface area contributed by atoms with Crippen LogP contribution in [0, 0.1) is 0 Å². The average Bonchev–Trinajstić information content (AvgIpc) is 2.09. The number of hydrazine groups is 1. The average molecular weight is 202 g/mol. The van der Waals surface area contributed by atoms with Crippen molar-refractivity contribution in [2.75, 3.05) is 13.1 Å². The van der Waals surface area contributed by atoms with E-state index in [1.54, 1.807) is 0 Å². The van der Waals surface area contributed by atoms with Gasteiger partial charge in [0, 0.05) is 12.6 Å². The van der Waals surface area contributed by atoms with Crippen LogP contribution in [0.3, 0.4) is 0 Å². The first-order valence-corrected chi connectivity index (χ1v) is 4.37. The zero-order valence-corrected chi connectivity index (χ0v) is 8.50. The summed E-state index contributed by atoms with van der Waals surface area (Å²) in [6.45, 7) is 4.74. The highest BCUT2D eigenvalue weighted by Crippen LogP contribution is 1.77. The molecule has 0 unspecified atom stereocenters. The van der Waals surface area contributed by atoms with Crippen molar-refractivity contribution in [1.29, 1.82) is 0 Å². The smallest absolute Gasteiger partial charge is 0.312 e. The van der Waals surface area contributed by atoms with Crippen molar-refractivity contribution >= 4 is 12.0 Å². The maximum atomic E-state index is 10.3.